The topological polar surface area (TPSA) is 35.5 Å². The van der Waals surface area contributed by atoms with Crippen molar-refractivity contribution in [3.63, 3.8) is 0 Å². The molecule has 0 aromatic heterocycles. The van der Waals surface area contributed by atoms with Crippen LogP contribution in [0.4, 0.5) is 0 Å². The Morgan fingerprint density at radius 3 is 2.72 bits per heavy atom. The summed E-state index contributed by atoms with van der Waals surface area (Å²) in [5, 5.41) is 0.0985. The number of hydrogen-bond donors (Lipinski definition) is 0. The van der Waals surface area contributed by atoms with Gasteiger partial charge in [0.1, 0.15) is 5.03 Å². The van der Waals surface area contributed by atoms with Gasteiger partial charge in [-0.3, -0.25) is 0 Å². The van der Waals surface area contributed by atoms with Crippen LogP contribution in [0.25, 0.3) is 0 Å². The van der Waals surface area contributed by atoms with Crippen molar-refractivity contribution in [2.75, 3.05) is 6.61 Å². The van der Waals surface area contributed by atoms with Crippen LogP contribution in [0, 0.1) is 0 Å². The Morgan fingerprint density at radius 1 is 1.44 bits per heavy atom. The Morgan fingerprint density at radius 2 is 2.11 bits per heavy atom. The lowest BCUT2D eigenvalue weighted by molar-refractivity contribution is -0.157. The molecule has 1 aliphatic heterocycles. The number of ether oxygens (including phenoxy) is 2. The smallest absolute Gasteiger partial charge is 0.353 e. The average Bonchev–Trinajstić information content (AvgIpc) is 2.60. The number of rotatable bonds is 4. The molecule has 1 aromatic carbocycles. The van der Waals surface area contributed by atoms with E-state index in [-0.39, 0.29) is 5.03 Å². The van der Waals surface area contributed by atoms with Gasteiger partial charge in [0.15, 0.2) is 0 Å². The molecule has 96 valence electrons. The molecule has 0 spiro atoms. The molecule has 0 amide bonds. The summed E-state index contributed by atoms with van der Waals surface area (Å²) in [6.07, 6.45) is -0.691. The quantitative estimate of drug-likeness (QED) is 0.772. The minimum atomic E-state index is -0.691. The summed E-state index contributed by atoms with van der Waals surface area (Å²) in [5.41, 5.74) is 0. The molecule has 0 bridgehead atoms. The van der Waals surface area contributed by atoms with Gasteiger partial charge in [-0.2, -0.15) is 0 Å². The highest BCUT2D eigenvalue weighted by molar-refractivity contribution is 9.10. The fourth-order valence-electron chi connectivity index (χ4n) is 1.39. The summed E-state index contributed by atoms with van der Waals surface area (Å²) in [7, 11) is 0. The molecule has 0 saturated heterocycles. The van der Waals surface area contributed by atoms with Crippen molar-refractivity contribution in [1.82, 2.24) is 0 Å². The second-order valence-corrected chi connectivity index (χ2v) is 5.84. The second-order valence-electron chi connectivity index (χ2n) is 3.43. The summed E-state index contributed by atoms with van der Waals surface area (Å²) in [4.78, 5) is 13.0. The Kier molecular flexibility index (Phi) is 4.72. The Balaban J connectivity index is 2.19. The third-order valence-corrected chi connectivity index (χ3v) is 4.31. The molecule has 1 atom stereocenters. The van der Waals surface area contributed by atoms with Gasteiger partial charge in [0, 0.05) is 16.0 Å². The molecule has 0 unspecified atom stereocenters. The van der Waals surface area contributed by atoms with Crippen molar-refractivity contribution >= 4 is 45.3 Å². The van der Waals surface area contributed by atoms with E-state index in [9.17, 15) is 4.79 Å². The van der Waals surface area contributed by atoms with Gasteiger partial charge in [-0.25, -0.2) is 4.79 Å². The van der Waals surface area contributed by atoms with Gasteiger partial charge >= 0.3 is 5.97 Å². The van der Waals surface area contributed by atoms with Crippen LogP contribution in [0.3, 0.4) is 0 Å². The first-order valence-electron chi connectivity index (χ1n) is 5.27. The van der Waals surface area contributed by atoms with Crippen LogP contribution in [-0.4, -0.2) is 18.9 Å². The predicted molar refractivity (Wildman–Crippen MR) is 74.4 cm³/mol. The second kappa shape index (κ2) is 6.10. The van der Waals surface area contributed by atoms with Crippen LogP contribution in [0.5, 0.6) is 0 Å². The average molecular weight is 350 g/mol. The summed E-state index contributed by atoms with van der Waals surface area (Å²) < 4.78 is 11.4. The molecule has 3 nitrogen and oxygen atoms in total. The van der Waals surface area contributed by atoms with E-state index in [2.05, 4.69) is 15.9 Å². The number of benzene rings is 1. The number of cyclic esters (lactones) is 1. The molecule has 0 radical (unpaired) electrons. The van der Waals surface area contributed by atoms with Crippen molar-refractivity contribution < 1.29 is 14.3 Å². The highest BCUT2D eigenvalue weighted by Crippen LogP contribution is 2.39. The molecular formula is C12H10BrClO3S. The summed E-state index contributed by atoms with van der Waals surface area (Å²) in [6.45, 7) is 2.29. The number of carbonyl (C=O) groups excluding carboxylic acids is 1. The number of hydrogen-bond acceptors (Lipinski definition) is 4. The van der Waals surface area contributed by atoms with Gasteiger partial charge in [0.05, 0.1) is 4.91 Å². The largest absolute Gasteiger partial charge is 0.426 e. The van der Waals surface area contributed by atoms with E-state index in [4.69, 9.17) is 21.1 Å². The maximum absolute atomic E-state index is 11.4. The van der Waals surface area contributed by atoms with Gasteiger partial charge < -0.3 is 9.47 Å². The van der Waals surface area contributed by atoms with Crippen LogP contribution >= 0.6 is 39.3 Å². The fourth-order valence-corrected chi connectivity index (χ4v) is 2.82. The van der Waals surface area contributed by atoms with Crippen LogP contribution in [-0.2, 0) is 14.3 Å². The van der Waals surface area contributed by atoms with Crippen molar-refractivity contribution in [2.24, 2.45) is 0 Å². The van der Waals surface area contributed by atoms with Gasteiger partial charge in [-0.15, -0.1) is 0 Å². The zero-order valence-corrected chi connectivity index (χ0v) is 12.6. The first-order valence-corrected chi connectivity index (χ1v) is 7.26. The summed E-state index contributed by atoms with van der Waals surface area (Å²) in [5.74, 6) is -0.533. The van der Waals surface area contributed by atoms with E-state index >= 15 is 0 Å². The third kappa shape index (κ3) is 3.09. The highest BCUT2D eigenvalue weighted by Gasteiger charge is 2.34. The molecule has 1 heterocycles. The standard InChI is InChI=1S/C12H10BrClO3S/c1-2-16-12-10(9(14)11(15)17-12)18-8-5-3-7(13)4-6-8/h3-6,12H,2H2,1H3/t12-/m1/s1. The minimum absolute atomic E-state index is 0.0985. The normalized spacial score (nSPS) is 19.3. The lowest BCUT2D eigenvalue weighted by atomic mass is 10.4. The highest BCUT2D eigenvalue weighted by atomic mass is 79.9. The van der Waals surface area contributed by atoms with E-state index in [0.717, 1.165) is 9.37 Å². The van der Waals surface area contributed by atoms with Crippen molar-refractivity contribution in [3.8, 4) is 0 Å². The molecule has 1 aliphatic rings. The van der Waals surface area contributed by atoms with Gasteiger partial charge in [0.2, 0.25) is 6.29 Å². The summed E-state index contributed by atoms with van der Waals surface area (Å²) in [6, 6.07) is 7.70. The maximum Gasteiger partial charge on any atom is 0.353 e. The predicted octanol–water partition coefficient (Wildman–Crippen LogP) is 3.91. The van der Waals surface area contributed by atoms with E-state index in [1.165, 1.54) is 11.8 Å². The first-order chi connectivity index (χ1) is 8.61. The Labute approximate surface area is 123 Å². The molecule has 2 rings (SSSR count). The molecule has 1 aromatic rings. The van der Waals surface area contributed by atoms with Gasteiger partial charge in [-0.05, 0) is 31.2 Å². The zero-order valence-electron chi connectivity index (χ0n) is 9.48. The van der Waals surface area contributed by atoms with Crippen LogP contribution in [0.1, 0.15) is 6.92 Å². The zero-order chi connectivity index (χ0) is 13.1. The number of carbonyl (C=O) groups is 1. The van der Waals surface area contributed by atoms with E-state index < -0.39 is 12.3 Å². The SMILES string of the molecule is CCO[C@@H]1OC(=O)C(Cl)=C1Sc1ccc(Br)cc1. The molecule has 0 aliphatic carbocycles. The maximum atomic E-state index is 11.4. The van der Waals surface area contributed by atoms with E-state index in [0.29, 0.717) is 11.5 Å². The van der Waals surface area contributed by atoms with Gasteiger partial charge in [0.25, 0.3) is 0 Å². The van der Waals surface area contributed by atoms with Crippen LogP contribution in [0.15, 0.2) is 43.6 Å². The van der Waals surface area contributed by atoms with E-state index in [1.807, 2.05) is 31.2 Å². The third-order valence-electron chi connectivity index (χ3n) is 2.18. The Hall–Kier alpha value is -0.490. The first kappa shape index (κ1) is 13.9. The van der Waals surface area contributed by atoms with Crippen LogP contribution < -0.4 is 0 Å². The van der Waals surface area contributed by atoms with Crippen molar-refractivity contribution in [3.05, 3.63) is 38.7 Å². The monoisotopic (exact) mass is 348 g/mol. The molecule has 6 heteroatoms. The van der Waals surface area contributed by atoms with E-state index in [1.54, 1.807) is 0 Å². The number of esters is 1. The van der Waals surface area contributed by atoms with Gasteiger partial charge in [-0.1, -0.05) is 39.3 Å². The van der Waals surface area contributed by atoms with Crippen molar-refractivity contribution in [1.29, 1.82) is 0 Å². The molecule has 18 heavy (non-hydrogen) atoms. The van der Waals surface area contributed by atoms with Crippen LogP contribution in [0.2, 0.25) is 0 Å². The molecule has 0 N–H and O–H groups in total. The molecule has 0 fully saturated rings. The molecular weight excluding hydrogens is 340 g/mol. The fraction of sp³-hybridized carbons (Fsp3) is 0.250. The van der Waals surface area contributed by atoms with Crippen molar-refractivity contribution in [2.45, 2.75) is 18.1 Å². The number of halogens is 2. The lowest BCUT2D eigenvalue weighted by Crippen LogP contribution is -2.14. The molecule has 0 saturated carbocycles. The Bertz CT molecular complexity index is 487. The number of thioether (sulfide) groups is 1. The minimum Gasteiger partial charge on any atom is -0.426 e. The summed E-state index contributed by atoms with van der Waals surface area (Å²) >= 11 is 10.7. The lowest BCUT2D eigenvalue weighted by Gasteiger charge is -2.13.